The number of fused-ring (bicyclic) bond motifs is 1. The SMILES string of the molecule is COc1cc2c(Nc3ccc(Cl)cc3F)ncnc2c(OC)c1OC. The van der Waals surface area contributed by atoms with Crippen molar-refractivity contribution in [3.05, 3.63) is 41.4 Å². The molecule has 0 radical (unpaired) electrons. The minimum atomic E-state index is -0.494. The highest BCUT2D eigenvalue weighted by molar-refractivity contribution is 6.30. The van der Waals surface area contributed by atoms with Crippen molar-refractivity contribution in [3.63, 3.8) is 0 Å². The van der Waals surface area contributed by atoms with Gasteiger partial charge in [0.1, 0.15) is 23.5 Å². The van der Waals surface area contributed by atoms with Crippen LogP contribution < -0.4 is 19.5 Å². The molecule has 0 bridgehead atoms. The highest BCUT2D eigenvalue weighted by Gasteiger charge is 2.19. The Labute approximate surface area is 148 Å². The lowest BCUT2D eigenvalue weighted by Gasteiger charge is -2.16. The first-order valence-corrected chi connectivity index (χ1v) is 7.62. The number of methoxy groups -OCH3 is 3. The minimum Gasteiger partial charge on any atom is -0.493 e. The third kappa shape index (κ3) is 3.10. The molecule has 1 N–H and O–H groups in total. The van der Waals surface area contributed by atoms with Gasteiger partial charge >= 0.3 is 0 Å². The molecule has 0 atom stereocenters. The van der Waals surface area contributed by atoms with Gasteiger partial charge in [-0.1, -0.05) is 11.6 Å². The lowest BCUT2D eigenvalue weighted by Crippen LogP contribution is -2.01. The maximum absolute atomic E-state index is 14.1. The van der Waals surface area contributed by atoms with Crippen LogP contribution in [0.4, 0.5) is 15.9 Å². The molecule has 0 amide bonds. The zero-order valence-electron chi connectivity index (χ0n) is 13.8. The number of nitrogens with zero attached hydrogens (tertiary/aromatic N) is 2. The summed E-state index contributed by atoms with van der Waals surface area (Å²) in [6.07, 6.45) is 1.35. The molecule has 25 heavy (non-hydrogen) atoms. The predicted molar refractivity (Wildman–Crippen MR) is 93.9 cm³/mol. The topological polar surface area (TPSA) is 65.5 Å². The van der Waals surface area contributed by atoms with Crippen LogP contribution in [-0.2, 0) is 0 Å². The van der Waals surface area contributed by atoms with Gasteiger partial charge in [0.25, 0.3) is 0 Å². The van der Waals surface area contributed by atoms with Crippen LogP contribution in [0, 0.1) is 5.82 Å². The van der Waals surface area contributed by atoms with Crippen LogP contribution in [0.2, 0.25) is 5.02 Å². The zero-order chi connectivity index (χ0) is 18.0. The van der Waals surface area contributed by atoms with E-state index in [1.807, 2.05) is 0 Å². The van der Waals surface area contributed by atoms with Crippen LogP contribution in [0.5, 0.6) is 17.2 Å². The van der Waals surface area contributed by atoms with Crippen molar-refractivity contribution in [2.45, 2.75) is 0 Å². The number of hydrogen-bond acceptors (Lipinski definition) is 6. The Hall–Kier alpha value is -2.80. The van der Waals surface area contributed by atoms with E-state index in [1.165, 1.54) is 39.8 Å². The summed E-state index contributed by atoms with van der Waals surface area (Å²) in [4.78, 5) is 8.45. The molecule has 0 unspecified atom stereocenters. The monoisotopic (exact) mass is 363 g/mol. The zero-order valence-corrected chi connectivity index (χ0v) is 14.5. The van der Waals surface area contributed by atoms with Crippen molar-refractivity contribution in [2.24, 2.45) is 0 Å². The number of ether oxygens (including phenoxy) is 3. The fourth-order valence-electron chi connectivity index (χ4n) is 2.48. The third-order valence-corrected chi connectivity index (χ3v) is 3.85. The normalized spacial score (nSPS) is 10.6. The minimum absolute atomic E-state index is 0.234. The number of aromatic nitrogens is 2. The van der Waals surface area contributed by atoms with Gasteiger partial charge in [-0.15, -0.1) is 0 Å². The van der Waals surface area contributed by atoms with Crippen LogP contribution in [-0.4, -0.2) is 31.3 Å². The summed E-state index contributed by atoms with van der Waals surface area (Å²) in [5, 5.41) is 3.84. The Morgan fingerprint density at radius 3 is 2.40 bits per heavy atom. The van der Waals surface area contributed by atoms with Gasteiger partial charge < -0.3 is 19.5 Å². The van der Waals surface area contributed by atoms with Crippen molar-refractivity contribution < 1.29 is 18.6 Å². The molecular formula is C17H15ClFN3O3. The van der Waals surface area contributed by atoms with Crippen LogP contribution in [0.1, 0.15) is 0 Å². The van der Waals surface area contributed by atoms with Gasteiger partial charge in [-0.3, -0.25) is 0 Å². The van der Waals surface area contributed by atoms with E-state index >= 15 is 0 Å². The molecule has 3 rings (SSSR count). The lowest BCUT2D eigenvalue weighted by molar-refractivity contribution is 0.327. The average Bonchev–Trinajstić information content (AvgIpc) is 2.62. The molecule has 130 valence electrons. The maximum Gasteiger partial charge on any atom is 0.205 e. The fourth-order valence-corrected chi connectivity index (χ4v) is 2.64. The molecule has 0 saturated carbocycles. The summed E-state index contributed by atoms with van der Waals surface area (Å²) in [6.45, 7) is 0. The molecule has 0 aliphatic heterocycles. The van der Waals surface area contributed by atoms with Gasteiger partial charge in [0.05, 0.1) is 32.4 Å². The Morgan fingerprint density at radius 1 is 1.00 bits per heavy atom. The number of rotatable bonds is 5. The van der Waals surface area contributed by atoms with E-state index in [-0.39, 0.29) is 5.69 Å². The lowest BCUT2D eigenvalue weighted by atomic mass is 10.1. The second-order valence-electron chi connectivity index (χ2n) is 5.01. The van der Waals surface area contributed by atoms with Gasteiger partial charge in [-0.2, -0.15) is 0 Å². The number of halogens is 2. The molecule has 0 aliphatic rings. The molecule has 0 spiro atoms. The van der Waals surface area contributed by atoms with E-state index in [0.717, 1.165) is 0 Å². The van der Waals surface area contributed by atoms with Gasteiger partial charge in [0, 0.05) is 5.02 Å². The third-order valence-electron chi connectivity index (χ3n) is 3.62. The van der Waals surface area contributed by atoms with Gasteiger partial charge in [0.15, 0.2) is 11.5 Å². The Morgan fingerprint density at radius 2 is 1.76 bits per heavy atom. The van der Waals surface area contributed by atoms with Crippen molar-refractivity contribution in [1.82, 2.24) is 9.97 Å². The molecule has 3 aromatic rings. The summed E-state index contributed by atoms with van der Waals surface area (Å²) in [7, 11) is 4.53. The average molecular weight is 364 g/mol. The van der Waals surface area contributed by atoms with Crippen LogP contribution in [0.25, 0.3) is 10.9 Å². The summed E-state index contributed by atoms with van der Waals surface area (Å²) in [5.41, 5.74) is 0.741. The van der Waals surface area contributed by atoms with Crippen molar-refractivity contribution in [1.29, 1.82) is 0 Å². The first-order chi connectivity index (χ1) is 12.1. The van der Waals surface area contributed by atoms with Crippen molar-refractivity contribution in [2.75, 3.05) is 26.6 Å². The second-order valence-corrected chi connectivity index (χ2v) is 5.45. The van der Waals surface area contributed by atoms with Gasteiger partial charge in [0.2, 0.25) is 5.75 Å². The summed E-state index contributed by atoms with van der Waals surface area (Å²) < 4.78 is 30.2. The molecule has 0 fully saturated rings. The van der Waals surface area contributed by atoms with E-state index in [9.17, 15) is 4.39 Å². The molecule has 6 nitrogen and oxygen atoms in total. The van der Waals surface area contributed by atoms with Crippen molar-refractivity contribution >= 4 is 34.0 Å². The molecule has 8 heteroatoms. The Kier molecular flexibility index (Phi) is 4.76. The molecule has 2 aromatic carbocycles. The molecule has 0 aliphatic carbocycles. The largest absolute Gasteiger partial charge is 0.493 e. The van der Waals surface area contributed by atoms with E-state index in [1.54, 1.807) is 12.1 Å². The fraction of sp³-hybridized carbons (Fsp3) is 0.176. The van der Waals surface area contributed by atoms with E-state index in [2.05, 4.69) is 15.3 Å². The van der Waals surface area contributed by atoms with Crippen molar-refractivity contribution in [3.8, 4) is 17.2 Å². The van der Waals surface area contributed by atoms with E-state index < -0.39 is 5.82 Å². The number of nitrogens with one attached hydrogen (secondary N) is 1. The smallest absolute Gasteiger partial charge is 0.205 e. The Balaban J connectivity index is 2.19. The van der Waals surface area contributed by atoms with Crippen LogP contribution in [0.3, 0.4) is 0 Å². The first kappa shape index (κ1) is 17.0. The molecular weight excluding hydrogens is 349 g/mol. The standard InChI is InChI=1S/C17H15ClFN3O3/c1-23-13-7-10-14(16(25-3)15(13)24-2)20-8-21-17(10)22-12-5-4-9(18)6-11(12)19/h4-8H,1-3H3,(H,20,21,22). The summed E-state index contributed by atoms with van der Waals surface area (Å²) in [5.74, 6) is 1.16. The highest BCUT2D eigenvalue weighted by atomic mass is 35.5. The van der Waals surface area contributed by atoms with Gasteiger partial charge in [-0.05, 0) is 24.3 Å². The predicted octanol–water partition coefficient (Wildman–Crippen LogP) is 4.19. The van der Waals surface area contributed by atoms with Crippen LogP contribution >= 0.6 is 11.6 Å². The number of benzene rings is 2. The highest BCUT2D eigenvalue weighted by Crippen LogP contribution is 2.44. The number of anilines is 2. The van der Waals surface area contributed by atoms with Gasteiger partial charge in [-0.25, -0.2) is 14.4 Å². The molecule has 0 saturated heterocycles. The van der Waals surface area contributed by atoms with E-state index in [4.69, 9.17) is 25.8 Å². The second kappa shape index (κ2) is 6.98. The number of hydrogen-bond donors (Lipinski definition) is 1. The molecule has 1 heterocycles. The quantitative estimate of drug-likeness (QED) is 0.733. The Bertz CT molecular complexity index is 937. The van der Waals surface area contributed by atoms with Crippen LogP contribution in [0.15, 0.2) is 30.6 Å². The van der Waals surface area contributed by atoms with E-state index in [0.29, 0.717) is 39.0 Å². The first-order valence-electron chi connectivity index (χ1n) is 7.24. The summed E-state index contributed by atoms with van der Waals surface area (Å²) >= 11 is 5.79. The maximum atomic E-state index is 14.1. The molecule has 1 aromatic heterocycles. The summed E-state index contributed by atoms with van der Waals surface area (Å²) in [6, 6.07) is 6.04.